The summed E-state index contributed by atoms with van der Waals surface area (Å²) in [5, 5.41) is 9.89. The van der Waals surface area contributed by atoms with E-state index in [0.29, 0.717) is 18.2 Å². The predicted molar refractivity (Wildman–Crippen MR) is 79.0 cm³/mol. The Labute approximate surface area is 125 Å². The third kappa shape index (κ3) is 4.09. The van der Waals surface area contributed by atoms with E-state index in [0.717, 1.165) is 42.8 Å². The largest absolute Gasteiger partial charge is 0.467 e. The lowest BCUT2D eigenvalue weighted by Gasteiger charge is -2.25. The molecule has 1 aliphatic heterocycles. The highest BCUT2D eigenvalue weighted by Gasteiger charge is 2.18. The van der Waals surface area contributed by atoms with Gasteiger partial charge in [-0.15, -0.1) is 0 Å². The van der Waals surface area contributed by atoms with Crippen LogP contribution in [-0.4, -0.2) is 36.5 Å². The molecule has 0 radical (unpaired) electrons. The van der Waals surface area contributed by atoms with Gasteiger partial charge in [-0.2, -0.15) is 0 Å². The Balaban J connectivity index is 2.15. The molecule has 0 aromatic heterocycles. The highest BCUT2D eigenvalue weighted by molar-refractivity contribution is 6.30. The Morgan fingerprint density at radius 2 is 2.20 bits per heavy atom. The van der Waals surface area contributed by atoms with Gasteiger partial charge in [0.25, 0.3) is 0 Å². The van der Waals surface area contributed by atoms with Gasteiger partial charge in [0, 0.05) is 29.2 Å². The van der Waals surface area contributed by atoms with Crippen LogP contribution in [0.1, 0.15) is 30.9 Å². The Morgan fingerprint density at radius 3 is 2.95 bits per heavy atom. The number of hydrogen-bond donors (Lipinski definition) is 1. The lowest BCUT2D eigenvalue weighted by molar-refractivity contribution is -0.0175. The molecule has 2 rings (SSSR count). The van der Waals surface area contributed by atoms with Crippen molar-refractivity contribution in [2.75, 3.05) is 26.5 Å². The zero-order chi connectivity index (χ0) is 14.4. The van der Waals surface area contributed by atoms with Gasteiger partial charge in [0.05, 0.1) is 13.2 Å². The van der Waals surface area contributed by atoms with Crippen LogP contribution in [0, 0.1) is 0 Å². The van der Waals surface area contributed by atoms with Gasteiger partial charge in [-0.05, 0) is 25.1 Å². The normalized spacial score (nSPS) is 14.2. The van der Waals surface area contributed by atoms with E-state index < -0.39 is 0 Å². The topological polar surface area (TPSA) is 41.9 Å². The van der Waals surface area contributed by atoms with Crippen LogP contribution in [0.25, 0.3) is 0 Å². The van der Waals surface area contributed by atoms with Crippen LogP contribution in [0.3, 0.4) is 0 Å². The van der Waals surface area contributed by atoms with E-state index >= 15 is 0 Å². The molecule has 4 nitrogen and oxygen atoms in total. The molecule has 112 valence electrons. The second-order valence-electron chi connectivity index (χ2n) is 5.02. The van der Waals surface area contributed by atoms with Crippen molar-refractivity contribution < 1.29 is 14.6 Å². The predicted octanol–water partition coefficient (Wildman–Crippen LogP) is 2.80. The van der Waals surface area contributed by atoms with Crippen LogP contribution in [0.5, 0.6) is 5.75 Å². The fourth-order valence-electron chi connectivity index (χ4n) is 2.41. The SMILES string of the molecule is CCCCN(CCO)Cc1cc(Cl)cc2c1OCOC2. The van der Waals surface area contributed by atoms with Gasteiger partial charge in [0.15, 0.2) is 6.79 Å². The molecule has 1 aromatic rings. The number of fused-ring (bicyclic) bond motifs is 1. The number of ether oxygens (including phenoxy) is 2. The molecule has 1 aromatic carbocycles. The third-order valence-corrected chi connectivity index (χ3v) is 3.61. The second kappa shape index (κ2) is 7.84. The van der Waals surface area contributed by atoms with Gasteiger partial charge in [-0.25, -0.2) is 0 Å². The first-order valence-electron chi connectivity index (χ1n) is 7.09. The molecule has 1 N–H and O–H groups in total. The van der Waals surface area contributed by atoms with Gasteiger partial charge in [-0.3, -0.25) is 4.90 Å². The molecular formula is C15H22ClNO3. The van der Waals surface area contributed by atoms with Gasteiger partial charge in [0.2, 0.25) is 0 Å². The molecule has 0 amide bonds. The summed E-state index contributed by atoms with van der Waals surface area (Å²) in [5.41, 5.74) is 2.07. The first-order valence-corrected chi connectivity index (χ1v) is 7.47. The number of rotatable bonds is 7. The molecule has 0 atom stereocenters. The first kappa shape index (κ1) is 15.6. The maximum absolute atomic E-state index is 9.19. The number of benzene rings is 1. The fraction of sp³-hybridized carbons (Fsp3) is 0.600. The quantitative estimate of drug-likeness (QED) is 0.841. The summed E-state index contributed by atoms with van der Waals surface area (Å²) in [6.07, 6.45) is 2.26. The molecule has 0 unspecified atom stereocenters. The molecule has 0 saturated carbocycles. The summed E-state index contributed by atoms with van der Waals surface area (Å²) in [6, 6.07) is 3.84. The average Bonchev–Trinajstić information content (AvgIpc) is 2.44. The van der Waals surface area contributed by atoms with Gasteiger partial charge in [0.1, 0.15) is 5.75 Å². The molecule has 0 fully saturated rings. The molecule has 0 aliphatic carbocycles. The van der Waals surface area contributed by atoms with E-state index in [1.807, 2.05) is 12.1 Å². The van der Waals surface area contributed by atoms with Crippen LogP contribution in [0.2, 0.25) is 5.02 Å². The van der Waals surface area contributed by atoms with Crippen LogP contribution in [0.15, 0.2) is 12.1 Å². The van der Waals surface area contributed by atoms with Crippen molar-refractivity contribution >= 4 is 11.6 Å². The van der Waals surface area contributed by atoms with E-state index in [2.05, 4.69) is 11.8 Å². The average molecular weight is 300 g/mol. The van der Waals surface area contributed by atoms with E-state index in [-0.39, 0.29) is 13.4 Å². The number of halogens is 1. The second-order valence-corrected chi connectivity index (χ2v) is 5.45. The van der Waals surface area contributed by atoms with Gasteiger partial charge in [-0.1, -0.05) is 24.9 Å². The number of hydrogen-bond acceptors (Lipinski definition) is 4. The van der Waals surface area contributed by atoms with Crippen molar-refractivity contribution in [1.29, 1.82) is 0 Å². The standard InChI is InChI=1S/C15H22ClNO3/c1-2-3-4-17(5-6-18)9-12-7-14(16)8-13-10-19-11-20-15(12)13/h7-8,18H,2-6,9-11H2,1H3. The highest BCUT2D eigenvalue weighted by Crippen LogP contribution is 2.32. The van der Waals surface area contributed by atoms with E-state index in [1.54, 1.807) is 0 Å². The maximum Gasteiger partial charge on any atom is 0.189 e. The molecular weight excluding hydrogens is 278 g/mol. The summed E-state index contributed by atoms with van der Waals surface area (Å²) < 4.78 is 10.9. The monoisotopic (exact) mass is 299 g/mol. The van der Waals surface area contributed by atoms with Gasteiger partial charge >= 0.3 is 0 Å². The van der Waals surface area contributed by atoms with Crippen LogP contribution >= 0.6 is 11.6 Å². The minimum Gasteiger partial charge on any atom is -0.467 e. The summed E-state index contributed by atoms with van der Waals surface area (Å²) in [4.78, 5) is 2.23. The molecule has 5 heteroatoms. The Morgan fingerprint density at radius 1 is 1.35 bits per heavy atom. The van der Waals surface area contributed by atoms with Crippen molar-refractivity contribution in [3.05, 3.63) is 28.3 Å². The van der Waals surface area contributed by atoms with Crippen molar-refractivity contribution in [1.82, 2.24) is 4.90 Å². The molecule has 0 saturated heterocycles. The Bertz CT molecular complexity index is 439. The Hall–Kier alpha value is -0.810. The lowest BCUT2D eigenvalue weighted by atomic mass is 10.1. The van der Waals surface area contributed by atoms with E-state index in [4.69, 9.17) is 21.1 Å². The van der Waals surface area contributed by atoms with Crippen LogP contribution in [0.4, 0.5) is 0 Å². The van der Waals surface area contributed by atoms with Crippen molar-refractivity contribution in [2.24, 2.45) is 0 Å². The smallest absolute Gasteiger partial charge is 0.189 e. The summed E-state index contributed by atoms with van der Waals surface area (Å²) in [5.74, 6) is 0.889. The minimum atomic E-state index is 0.163. The third-order valence-electron chi connectivity index (χ3n) is 3.39. The van der Waals surface area contributed by atoms with Crippen LogP contribution in [-0.2, 0) is 17.9 Å². The Kier molecular flexibility index (Phi) is 6.10. The number of unbranched alkanes of at least 4 members (excludes halogenated alkanes) is 1. The zero-order valence-electron chi connectivity index (χ0n) is 11.9. The molecule has 1 heterocycles. The van der Waals surface area contributed by atoms with Crippen LogP contribution < -0.4 is 4.74 Å². The summed E-state index contributed by atoms with van der Waals surface area (Å²) in [7, 11) is 0. The highest BCUT2D eigenvalue weighted by atomic mass is 35.5. The van der Waals surface area contributed by atoms with E-state index in [9.17, 15) is 5.11 Å². The molecule has 0 bridgehead atoms. The van der Waals surface area contributed by atoms with Crippen molar-refractivity contribution in [3.63, 3.8) is 0 Å². The first-order chi connectivity index (χ1) is 9.74. The summed E-state index contributed by atoms with van der Waals surface area (Å²) in [6.45, 7) is 5.53. The van der Waals surface area contributed by atoms with Crippen molar-refractivity contribution in [2.45, 2.75) is 32.9 Å². The fourth-order valence-corrected chi connectivity index (χ4v) is 2.67. The number of aliphatic hydroxyl groups is 1. The maximum atomic E-state index is 9.19. The molecule has 0 spiro atoms. The summed E-state index contributed by atoms with van der Waals surface area (Å²) >= 11 is 6.17. The lowest BCUT2D eigenvalue weighted by Crippen LogP contribution is -2.28. The number of nitrogens with zero attached hydrogens (tertiary/aromatic N) is 1. The zero-order valence-corrected chi connectivity index (χ0v) is 12.7. The van der Waals surface area contributed by atoms with E-state index in [1.165, 1.54) is 0 Å². The molecule has 20 heavy (non-hydrogen) atoms. The number of aliphatic hydroxyl groups excluding tert-OH is 1. The van der Waals surface area contributed by atoms with Crippen molar-refractivity contribution in [3.8, 4) is 5.75 Å². The minimum absolute atomic E-state index is 0.163. The molecule has 1 aliphatic rings. The van der Waals surface area contributed by atoms with Gasteiger partial charge < -0.3 is 14.6 Å².